The van der Waals surface area contributed by atoms with E-state index in [1.54, 1.807) is 0 Å². The van der Waals surface area contributed by atoms with Crippen molar-refractivity contribution in [2.75, 3.05) is 13.2 Å². The van der Waals surface area contributed by atoms with Crippen LogP contribution in [0.25, 0.3) is 0 Å². The zero-order chi connectivity index (χ0) is 17.3. The number of ether oxygens (including phenoxy) is 3. The van der Waals surface area contributed by atoms with Gasteiger partial charge in [-0.3, -0.25) is 0 Å². The molecule has 9 heteroatoms. The Hall–Kier alpha value is -2.39. The summed E-state index contributed by atoms with van der Waals surface area (Å²) in [4.78, 5) is 26.8. The molecule has 0 aliphatic carbocycles. The molecule has 0 radical (unpaired) electrons. The van der Waals surface area contributed by atoms with E-state index in [4.69, 9.17) is 14.2 Å². The highest BCUT2D eigenvalue weighted by Crippen LogP contribution is 2.33. The van der Waals surface area contributed by atoms with Crippen molar-refractivity contribution in [1.82, 2.24) is 0 Å². The van der Waals surface area contributed by atoms with Gasteiger partial charge >= 0.3 is 5.97 Å². The summed E-state index contributed by atoms with van der Waals surface area (Å²) < 4.78 is 16.6. The third-order valence-corrected chi connectivity index (χ3v) is 4.18. The van der Waals surface area contributed by atoms with Gasteiger partial charge in [0.2, 0.25) is 0 Å². The summed E-state index contributed by atoms with van der Waals surface area (Å²) in [5.41, 5.74) is 0.0291. The molecule has 0 bridgehead atoms. The summed E-state index contributed by atoms with van der Waals surface area (Å²) in [6.45, 7) is 2.32. The molecule has 0 aromatic heterocycles. The summed E-state index contributed by atoms with van der Waals surface area (Å²) in [6.07, 6.45) is -0.964. The van der Waals surface area contributed by atoms with Gasteiger partial charge in [0.15, 0.2) is 6.10 Å². The maximum Gasteiger partial charge on any atom is 0.342 e. The van der Waals surface area contributed by atoms with Crippen molar-refractivity contribution in [2.45, 2.75) is 31.8 Å². The van der Waals surface area contributed by atoms with E-state index in [1.807, 2.05) is 6.92 Å². The number of hydrogen-bond donors (Lipinski definition) is 1. The third-order valence-electron chi connectivity index (χ3n) is 4.18. The quantitative estimate of drug-likeness (QED) is 0.481. The van der Waals surface area contributed by atoms with Crippen molar-refractivity contribution in [3.63, 3.8) is 0 Å². The Morgan fingerprint density at radius 2 is 2.12 bits per heavy atom. The summed E-state index contributed by atoms with van der Waals surface area (Å²) in [5, 5.41) is 19.4. The normalized spacial score (nSPS) is 28.4. The number of para-hydroxylation sites is 1. The Kier molecular flexibility index (Phi) is 4.54. The molecule has 0 spiro atoms. The van der Waals surface area contributed by atoms with Gasteiger partial charge in [-0.25, -0.2) is 4.79 Å². The number of rotatable bonds is 5. The van der Waals surface area contributed by atoms with Crippen molar-refractivity contribution in [1.29, 1.82) is 0 Å². The number of nitrogens with zero attached hydrogens (tertiary/aromatic N) is 1. The first kappa shape index (κ1) is 16.5. The molecule has 130 valence electrons. The number of fused-ring (bicyclic) bond motifs is 1. The van der Waals surface area contributed by atoms with Gasteiger partial charge in [0.1, 0.15) is 24.0 Å². The molecular formula is C15H17NO8. The number of benzene rings is 1. The van der Waals surface area contributed by atoms with E-state index in [-0.39, 0.29) is 35.9 Å². The van der Waals surface area contributed by atoms with Crippen molar-refractivity contribution >= 4 is 5.97 Å². The SMILES string of the molecule is CC1CO[C@H]2[C@@H]1OC[C@H]2OC(=O)c1cccc(CO[N+](=O)[O-])c1O. The molecule has 1 unspecified atom stereocenters. The number of aromatic hydroxyl groups is 1. The maximum atomic E-state index is 12.3. The topological polar surface area (TPSA) is 117 Å². The van der Waals surface area contributed by atoms with Gasteiger partial charge in [-0.05, 0) is 6.07 Å². The number of phenols is 1. The van der Waals surface area contributed by atoms with Crippen molar-refractivity contribution < 1.29 is 34.0 Å². The minimum atomic E-state index is -0.973. The van der Waals surface area contributed by atoms with Gasteiger partial charge in [-0.15, -0.1) is 10.1 Å². The standard InChI is InChI=1S/C15H17NO8/c1-8-5-21-14-11(7-22-13(8)14)24-15(18)10-4-2-3-9(12(10)17)6-23-16(19)20/h2-4,8,11,13-14,17H,5-7H2,1H3/t8?,11-,13-,14-/m1/s1. The predicted octanol–water partition coefficient (Wildman–Crippen LogP) is 1.06. The molecule has 2 fully saturated rings. The van der Waals surface area contributed by atoms with Crippen LogP contribution in [-0.4, -0.2) is 47.7 Å². The molecule has 1 N–H and O–H groups in total. The fourth-order valence-corrected chi connectivity index (χ4v) is 2.95. The van der Waals surface area contributed by atoms with Crippen LogP contribution in [0.4, 0.5) is 0 Å². The van der Waals surface area contributed by atoms with Gasteiger partial charge in [-0.1, -0.05) is 19.1 Å². The number of hydrogen-bond acceptors (Lipinski definition) is 8. The molecule has 2 aliphatic heterocycles. The van der Waals surface area contributed by atoms with Crippen LogP contribution >= 0.6 is 0 Å². The fourth-order valence-electron chi connectivity index (χ4n) is 2.95. The number of esters is 1. The molecule has 0 amide bonds. The van der Waals surface area contributed by atoms with Crippen LogP contribution in [0.15, 0.2) is 18.2 Å². The van der Waals surface area contributed by atoms with E-state index in [9.17, 15) is 20.0 Å². The second-order valence-electron chi connectivity index (χ2n) is 5.83. The lowest BCUT2D eigenvalue weighted by molar-refractivity contribution is -0.763. The number of phenolic OH excluding ortho intramolecular Hbond substituents is 1. The Labute approximate surface area is 137 Å². The summed E-state index contributed by atoms with van der Waals surface area (Å²) in [6, 6.07) is 4.28. The van der Waals surface area contributed by atoms with E-state index in [1.165, 1.54) is 18.2 Å². The zero-order valence-electron chi connectivity index (χ0n) is 12.9. The molecule has 1 aromatic carbocycles. The van der Waals surface area contributed by atoms with Gasteiger partial charge < -0.3 is 24.2 Å². The summed E-state index contributed by atoms with van der Waals surface area (Å²) in [5.74, 6) is -0.914. The van der Waals surface area contributed by atoms with Gasteiger partial charge in [0.25, 0.3) is 5.09 Å². The average Bonchev–Trinajstić information content (AvgIpc) is 3.10. The lowest BCUT2D eigenvalue weighted by atomic mass is 10.0. The average molecular weight is 339 g/mol. The van der Waals surface area contributed by atoms with E-state index in [0.717, 1.165) is 0 Å². The van der Waals surface area contributed by atoms with Crippen LogP contribution in [0, 0.1) is 16.0 Å². The second-order valence-corrected chi connectivity index (χ2v) is 5.83. The minimum absolute atomic E-state index is 0.0889. The molecule has 2 aliphatic rings. The van der Waals surface area contributed by atoms with E-state index < -0.39 is 29.5 Å². The fraction of sp³-hybridized carbons (Fsp3) is 0.533. The highest BCUT2D eigenvalue weighted by molar-refractivity contribution is 5.93. The third kappa shape index (κ3) is 3.13. The monoisotopic (exact) mass is 339 g/mol. The van der Waals surface area contributed by atoms with E-state index in [2.05, 4.69) is 4.84 Å². The minimum Gasteiger partial charge on any atom is -0.507 e. The summed E-state index contributed by atoms with van der Waals surface area (Å²) in [7, 11) is 0. The van der Waals surface area contributed by atoms with Crippen LogP contribution in [0.1, 0.15) is 22.8 Å². The summed E-state index contributed by atoms with van der Waals surface area (Å²) >= 11 is 0. The Bertz CT molecular complexity index is 648. The highest BCUT2D eigenvalue weighted by atomic mass is 16.9. The van der Waals surface area contributed by atoms with E-state index >= 15 is 0 Å². The second kappa shape index (κ2) is 6.62. The Morgan fingerprint density at radius 1 is 1.38 bits per heavy atom. The highest BCUT2D eigenvalue weighted by Gasteiger charge is 2.47. The molecule has 24 heavy (non-hydrogen) atoms. The number of carbonyl (C=O) groups excluding carboxylic acids is 1. The molecule has 4 atom stereocenters. The van der Waals surface area contributed by atoms with Gasteiger partial charge in [-0.2, -0.15) is 0 Å². The largest absolute Gasteiger partial charge is 0.507 e. The van der Waals surface area contributed by atoms with Crippen molar-refractivity contribution in [3.8, 4) is 5.75 Å². The first-order valence-corrected chi connectivity index (χ1v) is 7.49. The number of carbonyl (C=O) groups is 1. The Morgan fingerprint density at radius 3 is 2.88 bits per heavy atom. The smallest absolute Gasteiger partial charge is 0.342 e. The first-order chi connectivity index (χ1) is 11.5. The lowest BCUT2D eigenvalue weighted by Gasteiger charge is -2.17. The lowest BCUT2D eigenvalue weighted by Crippen LogP contribution is -2.32. The molecule has 3 rings (SSSR count). The predicted molar refractivity (Wildman–Crippen MR) is 77.7 cm³/mol. The van der Waals surface area contributed by atoms with Crippen LogP contribution in [0.3, 0.4) is 0 Å². The Balaban J connectivity index is 1.69. The molecule has 1 aromatic rings. The molecule has 0 saturated carbocycles. The zero-order valence-corrected chi connectivity index (χ0v) is 12.9. The molecular weight excluding hydrogens is 322 g/mol. The van der Waals surface area contributed by atoms with E-state index in [0.29, 0.717) is 6.61 Å². The molecule has 2 heterocycles. The van der Waals surface area contributed by atoms with Crippen LogP contribution in [0.5, 0.6) is 5.75 Å². The van der Waals surface area contributed by atoms with Crippen molar-refractivity contribution in [2.24, 2.45) is 5.92 Å². The molecule has 9 nitrogen and oxygen atoms in total. The van der Waals surface area contributed by atoms with Gasteiger partial charge in [0.05, 0.1) is 19.3 Å². The first-order valence-electron chi connectivity index (χ1n) is 7.49. The maximum absolute atomic E-state index is 12.3. The van der Waals surface area contributed by atoms with Crippen LogP contribution in [-0.2, 0) is 25.7 Å². The van der Waals surface area contributed by atoms with Crippen molar-refractivity contribution in [3.05, 3.63) is 39.4 Å². The van der Waals surface area contributed by atoms with Crippen LogP contribution < -0.4 is 0 Å². The molecule has 2 saturated heterocycles. The van der Waals surface area contributed by atoms with Gasteiger partial charge in [0, 0.05) is 11.5 Å². The van der Waals surface area contributed by atoms with Crippen LogP contribution in [0.2, 0.25) is 0 Å².